The molecule has 0 rings (SSSR count). The first-order valence-corrected chi connectivity index (χ1v) is 3.83. The minimum absolute atomic E-state index is 0.108. The van der Waals surface area contributed by atoms with Crippen molar-refractivity contribution in [2.45, 2.75) is 16.3 Å². The molecule has 0 aliphatic heterocycles. The second kappa shape index (κ2) is 3.02. The van der Waals surface area contributed by atoms with Gasteiger partial charge in [-0.05, 0) is 6.92 Å². The fraction of sp³-hybridized carbons (Fsp3) is 1.00. The Kier molecular flexibility index (Phi) is 3.39. The molecule has 0 spiro atoms. The Labute approximate surface area is 73.8 Å². The zero-order valence-corrected chi connectivity index (χ0v) is 7.69. The summed E-state index contributed by atoms with van der Waals surface area (Å²) in [7, 11) is 0. The first-order valence-electron chi connectivity index (χ1n) is 2.16. The van der Waals surface area contributed by atoms with Crippen LogP contribution in [0.4, 0.5) is 0 Å². The average molecular weight is 212 g/mol. The van der Waals surface area contributed by atoms with E-state index in [1.807, 2.05) is 0 Å². The van der Waals surface area contributed by atoms with Crippen LogP contribution in [0.2, 0.25) is 0 Å². The zero-order chi connectivity index (χ0) is 7.71. The minimum Gasteiger partial charge on any atom is -0.384 e. The van der Waals surface area contributed by atoms with Gasteiger partial charge >= 0.3 is 0 Å². The first kappa shape index (κ1) is 10.1. The molecule has 0 radical (unpaired) electrons. The van der Waals surface area contributed by atoms with E-state index < -0.39 is 9.39 Å². The summed E-state index contributed by atoms with van der Waals surface area (Å²) in [4.78, 5) is 0. The van der Waals surface area contributed by atoms with E-state index in [0.717, 1.165) is 0 Å². The van der Waals surface area contributed by atoms with Gasteiger partial charge in [0.25, 0.3) is 0 Å². The predicted molar refractivity (Wildman–Crippen MR) is 41.6 cm³/mol. The van der Waals surface area contributed by atoms with Gasteiger partial charge in [-0.1, -0.05) is 34.8 Å². The topological polar surface area (TPSA) is 20.2 Å². The largest absolute Gasteiger partial charge is 0.384 e. The molecule has 0 aromatic rings. The van der Waals surface area contributed by atoms with E-state index in [-0.39, 0.29) is 5.88 Å². The zero-order valence-electron chi connectivity index (χ0n) is 4.67. The summed E-state index contributed by atoms with van der Waals surface area (Å²) in [5.41, 5.74) is -1.46. The van der Waals surface area contributed by atoms with Crippen molar-refractivity contribution in [3.8, 4) is 0 Å². The van der Waals surface area contributed by atoms with Gasteiger partial charge in [-0.15, -0.1) is 11.6 Å². The summed E-state index contributed by atoms with van der Waals surface area (Å²) in [6, 6.07) is 0. The summed E-state index contributed by atoms with van der Waals surface area (Å²) in [6.45, 7) is 1.35. The quantitative estimate of drug-likeness (QED) is 0.661. The molecule has 1 atom stereocenters. The van der Waals surface area contributed by atoms with Gasteiger partial charge in [0.15, 0.2) is 0 Å². The number of alkyl halides is 4. The van der Waals surface area contributed by atoms with Crippen LogP contribution < -0.4 is 0 Å². The van der Waals surface area contributed by atoms with Crippen LogP contribution in [0.5, 0.6) is 0 Å². The van der Waals surface area contributed by atoms with Crippen molar-refractivity contribution in [2.75, 3.05) is 5.88 Å². The van der Waals surface area contributed by atoms with E-state index in [9.17, 15) is 0 Å². The Morgan fingerprint density at radius 1 is 1.33 bits per heavy atom. The van der Waals surface area contributed by atoms with E-state index in [2.05, 4.69) is 0 Å². The molecule has 0 aromatic carbocycles. The van der Waals surface area contributed by atoms with Gasteiger partial charge in [-0.2, -0.15) is 0 Å². The molecule has 9 heavy (non-hydrogen) atoms. The molecule has 0 aliphatic rings. The molecule has 0 heterocycles. The van der Waals surface area contributed by atoms with Crippen LogP contribution in [-0.2, 0) is 0 Å². The lowest BCUT2D eigenvalue weighted by Gasteiger charge is -2.27. The summed E-state index contributed by atoms with van der Waals surface area (Å²) in [6.07, 6.45) is 0. The Hall–Kier alpha value is 1.12. The lowest BCUT2D eigenvalue weighted by atomic mass is 10.2. The highest BCUT2D eigenvalue weighted by Gasteiger charge is 2.42. The number of rotatable bonds is 1. The molecule has 5 heteroatoms. The Morgan fingerprint density at radius 2 is 1.67 bits per heavy atom. The third-order valence-corrected chi connectivity index (χ3v) is 2.61. The van der Waals surface area contributed by atoms with Gasteiger partial charge < -0.3 is 5.11 Å². The van der Waals surface area contributed by atoms with E-state index in [1.165, 1.54) is 6.92 Å². The van der Waals surface area contributed by atoms with Crippen LogP contribution in [0.25, 0.3) is 0 Å². The van der Waals surface area contributed by atoms with Crippen LogP contribution in [0.15, 0.2) is 0 Å². The molecule has 1 unspecified atom stereocenters. The summed E-state index contributed by atoms with van der Waals surface area (Å²) in [5.74, 6) is -0.108. The molecule has 0 amide bonds. The molecular formula is C4H6Cl4O. The molecule has 56 valence electrons. The van der Waals surface area contributed by atoms with Crippen LogP contribution in [-0.4, -0.2) is 20.4 Å². The number of aliphatic hydroxyl groups is 1. The van der Waals surface area contributed by atoms with Crippen LogP contribution >= 0.6 is 46.4 Å². The fourth-order valence-electron chi connectivity index (χ4n) is 0.0758. The molecule has 0 bridgehead atoms. The number of hydrogen-bond acceptors (Lipinski definition) is 1. The van der Waals surface area contributed by atoms with Gasteiger partial charge in [0.05, 0.1) is 5.88 Å². The van der Waals surface area contributed by atoms with E-state index in [4.69, 9.17) is 51.5 Å². The Morgan fingerprint density at radius 3 is 1.67 bits per heavy atom. The second-order valence-electron chi connectivity index (χ2n) is 1.91. The lowest BCUT2D eigenvalue weighted by molar-refractivity contribution is 0.0884. The summed E-state index contributed by atoms with van der Waals surface area (Å²) >= 11 is 21.2. The monoisotopic (exact) mass is 210 g/mol. The second-order valence-corrected chi connectivity index (χ2v) is 4.45. The Balaban J connectivity index is 4.14. The third kappa shape index (κ3) is 2.69. The van der Waals surface area contributed by atoms with E-state index in [0.29, 0.717) is 0 Å². The van der Waals surface area contributed by atoms with Crippen molar-refractivity contribution in [1.82, 2.24) is 0 Å². The molecule has 0 fully saturated rings. The minimum atomic E-state index is -1.71. The summed E-state index contributed by atoms with van der Waals surface area (Å²) in [5, 5.41) is 9.13. The van der Waals surface area contributed by atoms with Crippen molar-refractivity contribution < 1.29 is 5.11 Å². The number of hydrogen-bond donors (Lipinski definition) is 1. The molecule has 1 nitrogen and oxygen atoms in total. The van der Waals surface area contributed by atoms with Crippen molar-refractivity contribution in [3.63, 3.8) is 0 Å². The van der Waals surface area contributed by atoms with Crippen molar-refractivity contribution >= 4 is 46.4 Å². The van der Waals surface area contributed by atoms with Crippen LogP contribution in [0, 0.1) is 0 Å². The molecular weight excluding hydrogens is 206 g/mol. The molecule has 1 N–H and O–H groups in total. The summed E-state index contributed by atoms with van der Waals surface area (Å²) < 4.78 is -1.71. The molecule has 0 saturated heterocycles. The van der Waals surface area contributed by atoms with Gasteiger partial charge in [0.2, 0.25) is 3.79 Å². The highest BCUT2D eigenvalue weighted by Crippen LogP contribution is 2.38. The lowest BCUT2D eigenvalue weighted by Crippen LogP contribution is -2.41. The third-order valence-electron chi connectivity index (χ3n) is 0.871. The first-order chi connectivity index (χ1) is 3.81. The SMILES string of the molecule is CC(O)(CCl)C(Cl)(Cl)Cl. The maximum atomic E-state index is 9.13. The normalized spacial score (nSPS) is 19.3. The van der Waals surface area contributed by atoms with Gasteiger partial charge in [0, 0.05) is 0 Å². The van der Waals surface area contributed by atoms with Crippen molar-refractivity contribution in [1.29, 1.82) is 0 Å². The smallest absolute Gasteiger partial charge is 0.219 e. The van der Waals surface area contributed by atoms with Gasteiger partial charge in [-0.3, -0.25) is 0 Å². The fourth-order valence-corrected chi connectivity index (χ4v) is 0.682. The van der Waals surface area contributed by atoms with Crippen LogP contribution in [0.3, 0.4) is 0 Å². The molecule has 0 saturated carbocycles. The van der Waals surface area contributed by atoms with E-state index >= 15 is 0 Å². The Bertz CT molecular complexity index is 95.2. The molecule has 0 aromatic heterocycles. The van der Waals surface area contributed by atoms with Crippen LogP contribution in [0.1, 0.15) is 6.92 Å². The highest BCUT2D eigenvalue weighted by molar-refractivity contribution is 6.68. The van der Waals surface area contributed by atoms with Crippen molar-refractivity contribution in [3.05, 3.63) is 0 Å². The number of halogens is 4. The van der Waals surface area contributed by atoms with Crippen molar-refractivity contribution in [2.24, 2.45) is 0 Å². The molecule has 0 aliphatic carbocycles. The van der Waals surface area contributed by atoms with E-state index in [1.54, 1.807) is 0 Å². The van der Waals surface area contributed by atoms with Gasteiger partial charge in [-0.25, -0.2) is 0 Å². The predicted octanol–water partition coefficient (Wildman–Crippen LogP) is 2.35. The van der Waals surface area contributed by atoms with Gasteiger partial charge in [0.1, 0.15) is 5.60 Å². The highest BCUT2D eigenvalue weighted by atomic mass is 35.6. The average Bonchev–Trinajstić information content (AvgIpc) is 1.64. The standard InChI is InChI=1S/C4H6Cl4O/c1-3(9,2-5)4(6,7)8/h9H,2H2,1H3. The maximum absolute atomic E-state index is 9.13. The maximum Gasteiger partial charge on any atom is 0.219 e.